The maximum absolute atomic E-state index is 12.2. The number of aliphatic imine (C=N–C) groups is 1. The van der Waals surface area contributed by atoms with Crippen molar-refractivity contribution in [1.82, 2.24) is 5.32 Å². The van der Waals surface area contributed by atoms with E-state index in [2.05, 4.69) is 16.9 Å². The second-order valence-corrected chi connectivity index (χ2v) is 4.89. The van der Waals surface area contributed by atoms with E-state index in [0.717, 1.165) is 11.1 Å². The summed E-state index contributed by atoms with van der Waals surface area (Å²) in [7, 11) is 0. The first-order chi connectivity index (χ1) is 9.90. The minimum Gasteiger partial charge on any atom is -0.370 e. The van der Waals surface area contributed by atoms with Crippen molar-refractivity contribution in [3.8, 4) is 0 Å². The van der Waals surface area contributed by atoms with E-state index in [1.807, 2.05) is 31.2 Å². The van der Waals surface area contributed by atoms with Gasteiger partial charge in [-0.3, -0.25) is 4.99 Å². The third-order valence-electron chi connectivity index (χ3n) is 2.90. The Kier molecular flexibility index (Phi) is 6.99. The molecule has 0 amide bonds. The molecule has 1 rings (SSSR count). The van der Waals surface area contributed by atoms with Crippen LogP contribution < -0.4 is 5.32 Å². The quantitative estimate of drug-likeness (QED) is 0.450. The molecule has 0 unspecified atom stereocenters. The van der Waals surface area contributed by atoms with Gasteiger partial charge in [0, 0.05) is 19.4 Å². The monoisotopic (exact) mass is 298 g/mol. The lowest BCUT2D eigenvalue weighted by Gasteiger charge is -2.10. The molecule has 5 heteroatoms. The number of nitrogens with zero attached hydrogens (tertiary/aromatic N) is 1. The Bertz CT molecular complexity index is 461. The second-order valence-electron chi connectivity index (χ2n) is 4.89. The molecular formula is C16H21F3N2. The van der Waals surface area contributed by atoms with Crippen LogP contribution in [-0.4, -0.2) is 18.6 Å². The molecule has 0 aliphatic rings. The molecule has 0 bridgehead atoms. The summed E-state index contributed by atoms with van der Waals surface area (Å²) in [4.78, 5) is 4.37. The zero-order chi connectivity index (χ0) is 15.7. The standard InChI is InChI=1S/C16H21F3N2/c1-3-11-20-15(5-4-10-16(17,18)19)21-12-14-8-6-13(2)7-9-14/h3,6-9H,1,4-5,10-12H2,2H3,(H,20,21). The molecule has 0 aliphatic heterocycles. The molecule has 0 fully saturated rings. The maximum atomic E-state index is 12.2. The van der Waals surface area contributed by atoms with Crippen LogP contribution in [0.3, 0.4) is 0 Å². The van der Waals surface area contributed by atoms with Gasteiger partial charge in [0.2, 0.25) is 0 Å². The SMILES string of the molecule is C=CCNC(CCCC(F)(F)F)=NCc1ccc(C)cc1. The lowest BCUT2D eigenvalue weighted by molar-refractivity contribution is -0.135. The predicted molar refractivity (Wildman–Crippen MR) is 80.4 cm³/mol. The predicted octanol–water partition coefficient (Wildman–Crippen LogP) is 4.40. The molecule has 0 saturated heterocycles. The van der Waals surface area contributed by atoms with Gasteiger partial charge in [-0.25, -0.2) is 0 Å². The summed E-state index contributed by atoms with van der Waals surface area (Å²) in [5.74, 6) is 0.597. The van der Waals surface area contributed by atoms with Crippen LogP contribution in [0.25, 0.3) is 0 Å². The van der Waals surface area contributed by atoms with Crippen molar-refractivity contribution in [1.29, 1.82) is 0 Å². The first kappa shape index (κ1) is 17.3. The zero-order valence-corrected chi connectivity index (χ0v) is 12.2. The molecule has 21 heavy (non-hydrogen) atoms. The highest BCUT2D eigenvalue weighted by Crippen LogP contribution is 2.22. The Balaban J connectivity index is 2.56. The van der Waals surface area contributed by atoms with Crippen molar-refractivity contribution in [2.75, 3.05) is 6.54 Å². The molecule has 1 N–H and O–H groups in total. The number of hydrogen-bond donors (Lipinski definition) is 1. The number of nitrogens with one attached hydrogen (secondary N) is 1. The summed E-state index contributed by atoms with van der Waals surface area (Å²) in [6, 6.07) is 7.93. The van der Waals surface area contributed by atoms with Crippen LogP contribution in [0.5, 0.6) is 0 Å². The van der Waals surface area contributed by atoms with Crippen LogP contribution in [0, 0.1) is 6.92 Å². The van der Waals surface area contributed by atoms with Crippen LogP contribution in [0.1, 0.15) is 30.4 Å². The smallest absolute Gasteiger partial charge is 0.370 e. The molecule has 0 saturated carbocycles. The third-order valence-corrected chi connectivity index (χ3v) is 2.90. The van der Waals surface area contributed by atoms with E-state index in [1.54, 1.807) is 6.08 Å². The van der Waals surface area contributed by atoms with E-state index in [-0.39, 0.29) is 6.42 Å². The Labute approximate surface area is 123 Å². The first-order valence-electron chi connectivity index (χ1n) is 6.91. The fourth-order valence-electron chi connectivity index (χ4n) is 1.75. The zero-order valence-electron chi connectivity index (χ0n) is 12.2. The number of alkyl halides is 3. The van der Waals surface area contributed by atoms with Gasteiger partial charge >= 0.3 is 6.18 Å². The van der Waals surface area contributed by atoms with E-state index >= 15 is 0 Å². The van der Waals surface area contributed by atoms with Crippen LogP contribution in [-0.2, 0) is 6.54 Å². The van der Waals surface area contributed by atoms with Crippen molar-refractivity contribution in [3.63, 3.8) is 0 Å². The molecule has 0 heterocycles. The lowest BCUT2D eigenvalue weighted by atomic mass is 10.1. The van der Waals surface area contributed by atoms with Crippen molar-refractivity contribution in [3.05, 3.63) is 48.0 Å². The fraction of sp³-hybridized carbons (Fsp3) is 0.438. The van der Waals surface area contributed by atoms with Gasteiger partial charge < -0.3 is 5.32 Å². The Hall–Kier alpha value is -1.78. The molecule has 0 radical (unpaired) electrons. The highest BCUT2D eigenvalue weighted by Gasteiger charge is 2.26. The molecule has 0 aromatic heterocycles. The molecule has 1 aromatic carbocycles. The molecule has 0 aliphatic carbocycles. The molecule has 0 spiro atoms. The number of rotatable bonds is 7. The minimum atomic E-state index is -4.11. The van der Waals surface area contributed by atoms with Gasteiger partial charge in [0.05, 0.1) is 12.4 Å². The largest absolute Gasteiger partial charge is 0.389 e. The number of benzene rings is 1. The van der Waals surface area contributed by atoms with Gasteiger partial charge in [0.15, 0.2) is 0 Å². The summed E-state index contributed by atoms with van der Waals surface area (Å²) in [5, 5.41) is 3.00. The summed E-state index contributed by atoms with van der Waals surface area (Å²) < 4.78 is 36.5. The number of aryl methyl sites for hydroxylation is 1. The van der Waals surface area contributed by atoms with Crippen molar-refractivity contribution in [2.45, 2.75) is 38.9 Å². The van der Waals surface area contributed by atoms with Crippen LogP contribution in [0.15, 0.2) is 41.9 Å². The maximum Gasteiger partial charge on any atom is 0.389 e. The summed E-state index contributed by atoms with van der Waals surface area (Å²) in [5.41, 5.74) is 2.20. The lowest BCUT2D eigenvalue weighted by Crippen LogP contribution is -2.24. The van der Waals surface area contributed by atoms with Crippen molar-refractivity contribution >= 4 is 5.84 Å². The summed E-state index contributed by atoms with van der Waals surface area (Å²) in [6.45, 7) is 6.55. The fourth-order valence-corrected chi connectivity index (χ4v) is 1.75. The van der Waals surface area contributed by atoms with Crippen LogP contribution >= 0.6 is 0 Å². The molecule has 116 valence electrons. The Morgan fingerprint density at radius 1 is 1.29 bits per heavy atom. The van der Waals surface area contributed by atoms with E-state index in [9.17, 15) is 13.2 Å². The highest BCUT2D eigenvalue weighted by molar-refractivity contribution is 5.82. The molecule has 0 atom stereocenters. The Morgan fingerprint density at radius 3 is 2.52 bits per heavy atom. The van der Waals surface area contributed by atoms with E-state index < -0.39 is 12.6 Å². The highest BCUT2D eigenvalue weighted by atomic mass is 19.4. The number of halogens is 3. The van der Waals surface area contributed by atoms with Gasteiger partial charge in [0.25, 0.3) is 0 Å². The van der Waals surface area contributed by atoms with Gasteiger partial charge in [-0.05, 0) is 18.9 Å². The van der Waals surface area contributed by atoms with E-state index in [1.165, 1.54) is 0 Å². The summed E-state index contributed by atoms with van der Waals surface area (Å²) in [6.07, 6.45) is -2.91. The third kappa shape index (κ3) is 8.17. The number of amidine groups is 1. The topological polar surface area (TPSA) is 24.4 Å². The van der Waals surface area contributed by atoms with Crippen molar-refractivity contribution in [2.24, 2.45) is 4.99 Å². The molecular weight excluding hydrogens is 277 g/mol. The molecule has 1 aromatic rings. The van der Waals surface area contributed by atoms with Gasteiger partial charge in [-0.1, -0.05) is 35.9 Å². The first-order valence-corrected chi connectivity index (χ1v) is 6.91. The Morgan fingerprint density at radius 2 is 1.95 bits per heavy atom. The average molecular weight is 298 g/mol. The number of hydrogen-bond acceptors (Lipinski definition) is 1. The average Bonchev–Trinajstić information content (AvgIpc) is 2.41. The van der Waals surface area contributed by atoms with Crippen LogP contribution in [0.2, 0.25) is 0 Å². The van der Waals surface area contributed by atoms with Gasteiger partial charge in [0.1, 0.15) is 0 Å². The van der Waals surface area contributed by atoms with Gasteiger partial charge in [-0.2, -0.15) is 13.2 Å². The van der Waals surface area contributed by atoms with Crippen molar-refractivity contribution < 1.29 is 13.2 Å². The van der Waals surface area contributed by atoms with Gasteiger partial charge in [-0.15, -0.1) is 6.58 Å². The summed E-state index contributed by atoms with van der Waals surface area (Å²) >= 11 is 0. The molecule has 2 nitrogen and oxygen atoms in total. The minimum absolute atomic E-state index is 0.0420. The van der Waals surface area contributed by atoms with Crippen LogP contribution in [0.4, 0.5) is 13.2 Å². The van der Waals surface area contributed by atoms with E-state index in [0.29, 0.717) is 25.3 Å². The normalized spacial score (nSPS) is 12.3. The van der Waals surface area contributed by atoms with E-state index in [4.69, 9.17) is 0 Å². The second kappa shape index (κ2) is 8.49.